The zero-order valence-corrected chi connectivity index (χ0v) is 12.5. The fourth-order valence-electron chi connectivity index (χ4n) is 2.86. The number of benzene rings is 1. The standard InChI is InChI=1S/C16H21N5/c1-3-14-19-15(10(2)16(20-14)21-17)18-13-8-11-6-4-5-7-12(11)9-13/h4-7,13H,3,8-9,17H2,1-2H3,(H2,18,19,20,21). The van der Waals surface area contributed by atoms with Gasteiger partial charge < -0.3 is 10.7 Å². The maximum Gasteiger partial charge on any atom is 0.148 e. The number of nitrogen functional groups attached to an aromatic ring is 1. The first-order chi connectivity index (χ1) is 10.2. The number of anilines is 2. The number of hydrogen-bond acceptors (Lipinski definition) is 5. The topological polar surface area (TPSA) is 75.9 Å². The van der Waals surface area contributed by atoms with Gasteiger partial charge in [-0.3, -0.25) is 0 Å². The van der Waals surface area contributed by atoms with E-state index in [1.54, 1.807) is 0 Å². The van der Waals surface area contributed by atoms with Crippen LogP contribution in [0.15, 0.2) is 24.3 Å². The number of aromatic nitrogens is 2. The van der Waals surface area contributed by atoms with Crippen LogP contribution in [0.3, 0.4) is 0 Å². The Morgan fingerprint density at radius 1 is 1.14 bits per heavy atom. The summed E-state index contributed by atoms with van der Waals surface area (Å²) in [5.41, 5.74) is 6.48. The van der Waals surface area contributed by atoms with Crippen LogP contribution in [0.1, 0.15) is 29.4 Å². The molecule has 0 bridgehead atoms. The molecule has 3 rings (SSSR count). The number of nitrogens with one attached hydrogen (secondary N) is 2. The van der Waals surface area contributed by atoms with Gasteiger partial charge in [0, 0.05) is 18.0 Å². The van der Waals surface area contributed by atoms with Crippen molar-refractivity contribution in [2.75, 3.05) is 10.7 Å². The van der Waals surface area contributed by atoms with Crippen LogP contribution < -0.4 is 16.6 Å². The van der Waals surface area contributed by atoms with E-state index in [1.807, 2.05) is 13.8 Å². The molecule has 0 fully saturated rings. The van der Waals surface area contributed by atoms with E-state index in [2.05, 4.69) is 45.0 Å². The summed E-state index contributed by atoms with van der Waals surface area (Å²) in [7, 11) is 0. The average Bonchev–Trinajstić information content (AvgIpc) is 2.91. The van der Waals surface area contributed by atoms with Gasteiger partial charge in [0.15, 0.2) is 0 Å². The van der Waals surface area contributed by atoms with Gasteiger partial charge >= 0.3 is 0 Å². The summed E-state index contributed by atoms with van der Waals surface area (Å²) < 4.78 is 0. The van der Waals surface area contributed by atoms with Gasteiger partial charge in [-0.2, -0.15) is 0 Å². The van der Waals surface area contributed by atoms with E-state index in [0.29, 0.717) is 11.9 Å². The summed E-state index contributed by atoms with van der Waals surface area (Å²) >= 11 is 0. The third-order valence-corrected chi connectivity index (χ3v) is 4.04. The van der Waals surface area contributed by atoms with E-state index < -0.39 is 0 Å². The molecule has 0 aliphatic heterocycles. The first-order valence-corrected chi connectivity index (χ1v) is 7.38. The second kappa shape index (κ2) is 5.69. The minimum atomic E-state index is 0.381. The average molecular weight is 283 g/mol. The maximum absolute atomic E-state index is 5.55. The number of aryl methyl sites for hydroxylation is 1. The summed E-state index contributed by atoms with van der Waals surface area (Å²) in [6.07, 6.45) is 2.85. The van der Waals surface area contributed by atoms with Crippen LogP contribution in [0.4, 0.5) is 11.6 Å². The number of nitrogens with zero attached hydrogens (tertiary/aromatic N) is 2. The van der Waals surface area contributed by atoms with Crippen LogP contribution in [0, 0.1) is 6.92 Å². The smallest absolute Gasteiger partial charge is 0.148 e. The van der Waals surface area contributed by atoms with E-state index in [1.165, 1.54) is 11.1 Å². The number of hydrogen-bond donors (Lipinski definition) is 3. The van der Waals surface area contributed by atoms with E-state index in [-0.39, 0.29) is 0 Å². The summed E-state index contributed by atoms with van der Waals surface area (Å²) in [6.45, 7) is 4.03. The Labute approximate surface area is 125 Å². The van der Waals surface area contributed by atoms with Gasteiger partial charge in [0.05, 0.1) is 0 Å². The Morgan fingerprint density at radius 2 is 1.76 bits per heavy atom. The van der Waals surface area contributed by atoms with Crippen molar-refractivity contribution in [3.8, 4) is 0 Å². The summed E-state index contributed by atoms with van der Waals surface area (Å²) in [6, 6.07) is 8.99. The van der Waals surface area contributed by atoms with Crippen LogP contribution in [-0.4, -0.2) is 16.0 Å². The van der Waals surface area contributed by atoms with Gasteiger partial charge in [-0.15, -0.1) is 0 Å². The Kier molecular flexibility index (Phi) is 3.75. The quantitative estimate of drug-likeness (QED) is 0.592. The highest BCUT2D eigenvalue weighted by Gasteiger charge is 2.22. The third kappa shape index (κ3) is 2.69. The molecule has 0 radical (unpaired) electrons. The number of fused-ring (bicyclic) bond motifs is 1. The number of rotatable bonds is 4. The largest absolute Gasteiger partial charge is 0.366 e. The van der Waals surface area contributed by atoms with Crippen molar-refractivity contribution in [1.29, 1.82) is 0 Å². The van der Waals surface area contributed by atoms with Crippen LogP contribution in [0.25, 0.3) is 0 Å². The second-order valence-corrected chi connectivity index (χ2v) is 5.48. The molecule has 0 unspecified atom stereocenters. The highest BCUT2D eigenvalue weighted by atomic mass is 15.3. The highest BCUT2D eigenvalue weighted by molar-refractivity contribution is 5.57. The molecule has 1 heterocycles. The monoisotopic (exact) mass is 283 g/mol. The molecule has 4 N–H and O–H groups in total. The summed E-state index contributed by atoms with van der Waals surface area (Å²) in [4.78, 5) is 9.00. The molecule has 110 valence electrons. The van der Waals surface area contributed by atoms with E-state index in [0.717, 1.165) is 36.5 Å². The molecule has 5 heteroatoms. The van der Waals surface area contributed by atoms with Crippen LogP contribution in [0.5, 0.6) is 0 Å². The molecule has 0 saturated heterocycles. The van der Waals surface area contributed by atoms with Crippen molar-refractivity contribution in [3.63, 3.8) is 0 Å². The van der Waals surface area contributed by atoms with Crippen LogP contribution in [0.2, 0.25) is 0 Å². The normalized spacial score (nSPS) is 14.0. The first kappa shape index (κ1) is 13.8. The highest BCUT2D eigenvalue weighted by Crippen LogP contribution is 2.26. The van der Waals surface area contributed by atoms with E-state index in [4.69, 9.17) is 5.84 Å². The Morgan fingerprint density at radius 3 is 2.33 bits per heavy atom. The van der Waals surface area contributed by atoms with Gasteiger partial charge in [-0.1, -0.05) is 31.2 Å². The molecule has 0 atom stereocenters. The molecule has 1 aromatic carbocycles. The summed E-state index contributed by atoms with van der Waals surface area (Å²) in [5.74, 6) is 7.93. The Hall–Kier alpha value is -2.14. The molecule has 1 aromatic heterocycles. The number of nitrogens with two attached hydrogens (primary N) is 1. The van der Waals surface area contributed by atoms with Gasteiger partial charge in [0.2, 0.25) is 0 Å². The first-order valence-electron chi connectivity index (χ1n) is 7.38. The molecule has 5 nitrogen and oxygen atoms in total. The maximum atomic E-state index is 5.55. The molecule has 0 amide bonds. The lowest BCUT2D eigenvalue weighted by atomic mass is 10.1. The lowest BCUT2D eigenvalue weighted by Gasteiger charge is -2.17. The van der Waals surface area contributed by atoms with Gasteiger partial charge in [0.25, 0.3) is 0 Å². The SMILES string of the molecule is CCc1nc(NN)c(C)c(NC2Cc3ccccc3C2)n1. The molecule has 0 saturated carbocycles. The van der Waals surface area contributed by atoms with Crippen molar-refractivity contribution in [2.45, 2.75) is 39.2 Å². The lowest BCUT2D eigenvalue weighted by molar-refractivity contribution is 0.762. The molecule has 21 heavy (non-hydrogen) atoms. The molecule has 1 aliphatic rings. The molecular weight excluding hydrogens is 262 g/mol. The number of hydrazine groups is 1. The predicted octanol–water partition coefficient (Wildman–Crippen LogP) is 2.21. The molecular formula is C16H21N5. The van der Waals surface area contributed by atoms with Gasteiger partial charge in [-0.05, 0) is 30.9 Å². The van der Waals surface area contributed by atoms with Crippen molar-refractivity contribution >= 4 is 11.6 Å². The fraction of sp³-hybridized carbons (Fsp3) is 0.375. The third-order valence-electron chi connectivity index (χ3n) is 4.04. The molecule has 0 spiro atoms. The van der Waals surface area contributed by atoms with Gasteiger partial charge in [-0.25, -0.2) is 15.8 Å². The van der Waals surface area contributed by atoms with Crippen molar-refractivity contribution in [3.05, 3.63) is 46.8 Å². The minimum absolute atomic E-state index is 0.381. The van der Waals surface area contributed by atoms with Crippen molar-refractivity contribution < 1.29 is 0 Å². The zero-order chi connectivity index (χ0) is 14.8. The predicted molar refractivity (Wildman–Crippen MR) is 85.2 cm³/mol. The van der Waals surface area contributed by atoms with Crippen LogP contribution in [-0.2, 0) is 19.3 Å². The summed E-state index contributed by atoms with van der Waals surface area (Å²) in [5, 5.41) is 3.56. The minimum Gasteiger partial charge on any atom is -0.366 e. The second-order valence-electron chi connectivity index (χ2n) is 5.48. The Bertz CT molecular complexity index is 628. The zero-order valence-electron chi connectivity index (χ0n) is 12.5. The van der Waals surface area contributed by atoms with E-state index >= 15 is 0 Å². The fourth-order valence-corrected chi connectivity index (χ4v) is 2.86. The van der Waals surface area contributed by atoms with Gasteiger partial charge in [0.1, 0.15) is 17.5 Å². The van der Waals surface area contributed by atoms with Crippen LogP contribution >= 0.6 is 0 Å². The van der Waals surface area contributed by atoms with E-state index in [9.17, 15) is 0 Å². The Balaban J connectivity index is 1.83. The molecule has 1 aliphatic carbocycles. The van der Waals surface area contributed by atoms with Crippen molar-refractivity contribution in [1.82, 2.24) is 9.97 Å². The molecule has 2 aromatic rings. The lowest BCUT2D eigenvalue weighted by Crippen LogP contribution is -2.22. The van der Waals surface area contributed by atoms with Crippen molar-refractivity contribution in [2.24, 2.45) is 5.84 Å².